The van der Waals surface area contributed by atoms with Crippen molar-refractivity contribution in [3.63, 3.8) is 0 Å². The van der Waals surface area contributed by atoms with Crippen LogP contribution in [0, 0.1) is 25.7 Å². The van der Waals surface area contributed by atoms with Crippen LogP contribution < -0.4 is 5.73 Å². The first-order chi connectivity index (χ1) is 12.3. The molecule has 0 aromatic carbocycles. The van der Waals surface area contributed by atoms with E-state index in [9.17, 15) is 13.2 Å². The van der Waals surface area contributed by atoms with Gasteiger partial charge in [0.1, 0.15) is 4.90 Å². The van der Waals surface area contributed by atoms with Gasteiger partial charge in [-0.05, 0) is 52.5 Å². The van der Waals surface area contributed by atoms with Gasteiger partial charge in [0, 0.05) is 25.7 Å². The molecule has 3 N–H and O–H groups in total. The van der Waals surface area contributed by atoms with Gasteiger partial charge in [-0.15, -0.1) is 12.4 Å². The summed E-state index contributed by atoms with van der Waals surface area (Å²) in [5, 5.41) is 6.74. The molecule has 0 saturated carbocycles. The van der Waals surface area contributed by atoms with Gasteiger partial charge in [-0.3, -0.25) is 9.89 Å². The van der Waals surface area contributed by atoms with Crippen LogP contribution in [-0.4, -0.2) is 65.9 Å². The maximum Gasteiger partial charge on any atom is 0.246 e. The van der Waals surface area contributed by atoms with E-state index in [4.69, 9.17) is 5.73 Å². The lowest BCUT2D eigenvalue weighted by Crippen LogP contribution is -2.47. The number of hydrogen-bond donors (Lipinski definition) is 2. The summed E-state index contributed by atoms with van der Waals surface area (Å²) in [5.41, 5.74) is 6.77. The Hall–Kier alpha value is -1.16. The number of likely N-dealkylation sites (tertiary alicyclic amines) is 1. The van der Waals surface area contributed by atoms with Crippen molar-refractivity contribution in [1.29, 1.82) is 0 Å². The minimum Gasteiger partial charge on any atom is -0.339 e. The van der Waals surface area contributed by atoms with E-state index in [1.807, 2.05) is 11.8 Å². The molecule has 27 heavy (non-hydrogen) atoms. The second-order valence-corrected chi connectivity index (χ2v) is 9.52. The first-order valence-corrected chi connectivity index (χ1v) is 10.7. The van der Waals surface area contributed by atoms with Crippen LogP contribution in [0.15, 0.2) is 4.90 Å². The number of nitrogens with zero attached hydrogens (tertiary/aromatic N) is 3. The topological polar surface area (TPSA) is 112 Å². The fraction of sp³-hybridized carbons (Fsp3) is 0.765. The molecule has 1 aromatic rings. The fourth-order valence-electron chi connectivity index (χ4n) is 4.27. The molecule has 8 nitrogen and oxygen atoms in total. The summed E-state index contributed by atoms with van der Waals surface area (Å²) in [5.74, 6) is 0.118. The second-order valence-electron chi connectivity index (χ2n) is 7.64. The van der Waals surface area contributed by atoms with Crippen LogP contribution in [-0.2, 0) is 14.8 Å². The molecule has 2 aliphatic heterocycles. The SMILES string of the molecule is Cc1n[nH]c(C)c1S(=O)(=O)N1CCCC(C(=O)N2CC(CN)CC2C)C1.Cl. The van der Waals surface area contributed by atoms with Crippen LogP contribution >= 0.6 is 12.4 Å². The molecular weight excluding hydrogens is 390 g/mol. The average molecular weight is 420 g/mol. The Morgan fingerprint density at radius 2 is 2.04 bits per heavy atom. The number of halogens is 1. The number of hydrogen-bond acceptors (Lipinski definition) is 5. The number of carbonyl (C=O) groups excluding carboxylic acids is 1. The minimum atomic E-state index is -3.65. The van der Waals surface area contributed by atoms with Gasteiger partial charge in [0.2, 0.25) is 15.9 Å². The summed E-state index contributed by atoms with van der Waals surface area (Å²) >= 11 is 0. The third-order valence-corrected chi connectivity index (χ3v) is 7.80. The summed E-state index contributed by atoms with van der Waals surface area (Å²) < 4.78 is 27.6. The van der Waals surface area contributed by atoms with Gasteiger partial charge in [0.05, 0.1) is 17.3 Å². The Labute approximate surface area is 167 Å². The van der Waals surface area contributed by atoms with Crippen molar-refractivity contribution in [2.24, 2.45) is 17.6 Å². The Bertz CT molecular complexity index is 762. The molecule has 2 saturated heterocycles. The van der Waals surface area contributed by atoms with Gasteiger partial charge < -0.3 is 10.6 Å². The number of H-pyrrole nitrogens is 1. The smallest absolute Gasteiger partial charge is 0.246 e. The number of sulfonamides is 1. The van der Waals surface area contributed by atoms with Crippen molar-refractivity contribution in [3.05, 3.63) is 11.4 Å². The molecule has 3 heterocycles. The van der Waals surface area contributed by atoms with Crippen molar-refractivity contribution in [2.45, 2.75) is 51.0 Å². The third-order valence-electron chi connectivity index (χ3n) is 5.67. The molecular formula is C17H30ClN5O3S. The van der Waals surface area contributed by atoms with E-state index in [0.717, 1.165) is 12.8 Å². The number of aromatic amines is 1. The second kappa shape index (κ2) is 8.46. The first-order valence-electron chi connectivity index (χ1n) is 9.28. The van der Waals surface area contributed by atoms with Crippen molar-refractivity contribution in [2.75, 3.05) is 26.2 Å². The number of nitrogens with one attached hydrogen (secondary N) is 1. The maximum absolute atomic E-state index is 13.1. The van der Waals surface area contributed by atoms with Gasteiger partial charge in [-0.2, -0.15) is 9.40 Å². The minimum absolute atomic E-state index is 0. The molecule has 2 aliphatic rings. The van der Waals surface area contributed by atoms with Gasteiger partial charge in [-0.1, -0.05) is 0 Å². The molecule has 3 atom stereocenters. The van der Waals surface area contributed by atoms with Crippen molar-refractivity contribution >= 4 is 28.3 Å². The predicted octanol–water partition coefficient (Wildman–Crippen LogP) is 1.04. The molecule has 0 bridgehead atoms. The highest BCUT2D eigenvalue weighted by atomic mass is 35.5. The van der Waals surface area contributed by atoms with Crippen LogP contribution in [0.2, 0.25) is 0 Å². The van der Waals surface area contributed by atoms with E-state index in [2.05, 4.69) is 10.2 Å². The van der Waals surface area contributed by atoms with Crippen LogP contribution in [0.25, 0.3) is 0 Å². The fourth-order valence-corrected chi connectivity index (χ4v) is 6.12. The molecule has 0 aliphatic carbocycles. The predicted molar refractivity (Wildman–Crippen MR) is 105 cm³/mol. The van der Waals surface area contributed by atoms with E-state index in [0.29, 0.717) is 43.4 Å². The first kappa shape index (κ1) is 22.1. The van der Waals surface area contributed by atoms with Crippen LogP contribution in [0.5, 0.6) is 0 Å². The molecule has 2 fully saturated rings. The van der Waals surface area contributed by atoms with Crippen LogP contribution in [0.4, 0.5) is 0 Å². The monoisotopic (exact) mass is 419 g/mol. The highest BCUT2D eigenvalue weighted by Gasteiger charge is 2.40. The number of carbonyl (C=O) groups is 1. The summed E-state index contributed by atoms with van der Waals surface area (Å²) in [6.45, 7) is 7.38. The molecule has 1 amide bonds. The van der Waals surface area contributed by atoms with Crippen molar-refractivity contribution in [1.82, 2.24) is 19.4 Å². The molecule has 154 valence electrons. The Kier molecular flexibility index (Phi) is 6.94. The normalized spacial score (nSPS) is 26.8. The zero-order valence-electron chi connectivity index (χ0n) is 16.1. The third kappa shape index (κ3) is 4.16. The van der Waals surface area contributed by atoms with E-state index in [1.165, 1.54) is 4.31 Å². The Morgan fingerprint density at radius 1 is 1.33 bits per heavy atom. The van der Waals surface area contributed by atoms with E-state index < -0.39 is 10.0 Å². The molecule has 0 radical (unpaired) electrons. The lowest BCUT2D eigenvalue weighted by Gasteiger charge is -2.34. The van der Waals surface area contributed by atoms with E-state index >= 15 is 0 Å². The van der Waals surface area contributed by atoms with Gasteiger partial charge in [0.25, 0.3) is 0 Å². The van der Waals surface area contributed by atoms with Crippen molar-refractivity contribution in [3.8, 4) is 0 Å². The molecule has 1 aromatic heterocycles. The zero-order chi connectivity index (χ0) is 19.1. The van der Waals surface area contributed by atoms with E-state index in [-0.39, 0.29) is 41.7 Å². The quantitative estimate of drug-likeness (QED) is 0.757. The number of aromatic nitrogens is 2. The number of piperidine rings is 1. The largest absolute Gasteiger partial charge is 0.339 e. The molecule has 3 unspecified atom stereocenters. The number of nitrogens with two attached hydrogens (primary N) is 1. The van der Waals surface area contributed by atoms with Crippen LogP contribution in [0.3, 0.4) is 0 Å². The van der Waals surface area contributed by atoms with Crippen molar-refractivity contribution < 1.29 is 13.2 Å². The summed E-state index contributed by atoms with van der Waals surface area (Å²) in [7, 11) is -3.65. The van der Waals surface area contributed by atoms with E-state index in [1.54, 1.807) is 13.8 Å². The molecule has 0 spiro atoms. The maximum atomic E-state index is 13.1. The number of amides is 1. The lowest BCUT2D eigenvalue weighted by molar-refractivity contribution is -0.137. The standard InChI is InChI=1S/C17H29N5O3S.ClH/c1-11-7-14(8-18)9-22(11)17(23)15-5-4-6-21(10-15)26(24,25)16-12(2)19-20-13(16)3;/h11,14-15H,4-10,18H2,1-3H3,(H,19,20);1H. The van der Waals surface area contributed by atoms with Gasteiger partial charge in [0.15, 0.2) is 0 Å². The summed E-state index contributed by atoms with van der Waals surface area (Å²) in [6, 6.07) is 0.168. The highest BCUT2D eigenvalue weighted by Crippen LogP contribution is 2.30. The average Bonchev–Trinajstić information content (AvgIpc) is 3.16. The Morgan fingerprint density at radius 3 is 2.59 bits per heavy atom. The zero-order valence-corrected chi connectivity index (χ0v) is 17.8. The highest BCUT2D eigenvalue weighted by molar-refractivity contribution is 7.89. The lowest BCUT2D eigenvalue weighted by atomic mass is 9.98. The molecule has 10 heteroatoms. The molecule has 3 rings (SSSR count). The number of rotatable bonds is 4. The van der Waals surface area contributed by atoms with Gasteiger partial charge >= 0.3 is 0 Å². The summed E-state index contributed by atoms with van der Waals surface area (Å²) in [4.78, 5) is 15.1. The Balaban J connectivity index is 0.00000261. The van der Waals surface area contributed by atoms with Crippen LogP contribution in [0.1, 0.15) is 37.6 Å². The summed E-state index contributed by atoms with van der Waals surface area (Å²) in [6.07, 6.45) is 2.34. The van der Waals surface area contributed by atoms with Gasteiger partial charge in [-0.25, -0.2) is 8.42 Å². The number of aryl methyl sites for hydroxylation is 2.